The number of aryl methyl sites for hydroxylation is 1. The van der Waals surface area contributed by atoms with Gasteiger partial charge < -0.3 is 14.8 Å². The summed E-state index contributed by atoms with van der Waals surface area (Å²) in [6, 6.07) is 21.9. The molecule has 0 unspecified atom stereocenters. The fraction of sp³-hybridized carbons (Fsp3) is 0.185. The van der Waals surface area contributed by atoms with Crippen molar-refractivity contribution in [1.29, 1.82) is 0 Å². The Labute approximate surface area is 193 Å². The molecule has 0 atom stereocenters. The van der Waals surface area contributed by atoms with E-state index in [1.165, 1.54) is 4.90 Å². The van der Waals surface area contributed by atoms with E-state index in [1.807, 2.05) is 68.4 Å². The number of hydrogen-bond donors (Lipinski definition) is 1. The third-order valence-electron chi connectivity index (χ3n) is 5.31. The maximum Gasteiger partial charge on any atom is 0.282 e. The van der Waals surface area contributed by atoms with Crippen LogP contribution in [0.15, 0.2) is 78.5 Å². The van der Waals surface area contributed by atoms with E-state index in [4.69, 9.17) is 9.47 Å². The van der Waals surface area contributed by atoms with Crippen LogP contribution >= 0.6 is 0 Å². The number of amides is 2. The molecule has 1 heterocycles. The van der Waals surface area contributed by atoms with Gasteiger partial charge in [0, 0.05) is 6.07 Å². The molecule has 0 aliphatic carbocycles. The lowest BCUT2D eigenvalue weighted by Gasteiger charge is -2.17. The molecule has 2 amide bonds. The highest BCUT2D eigenvalue weighted by Gasteiger charge is 2.40. The van der Waals surface area contributed by atoms with Crippen LogP contribution in [0, 0.1) is 6.92 Å². The molecule has 0 spiro atoms. The first-order chi connectivity index (χ1) is 16.0. The van der Waals surface area contributed by atoms with E-state index in [0.29, 0.717) is 40.6 Å². The van der Waals surface area contributed by atoms with Gasteiger partial charge in [0.1, 0.15) is 17.2 Å². The second-order valence-corrected chi connectivity index (χ2v) is 7.74. The topological polar surface area (TPSA) is 67.9 Å². The van der Waals surface area contributed by atoms with Gasteiger partial charge in [-0.25, -0.2) is 4.90 Å². The minimum atomic E-state index is -0.435. The molecule has 0 saturated carbocycles. The normalized spacial score (nSPS) is 13.5. The van der Waals surface area contributed by atoms with Crippen molar-refractivity contribution >= 4 is 28.8 Å². The lowest BCUT2D eigenvalue weighted by molar-refractivity contribution is -0.120. The van der Waals surface area contributed by atoms with Crippen LogP contribution in [-0.2, 0) is 9.59 Å². The number of carbonyl (C=O) groups is 2. The van der Waals surface area contributed by atoms with Crippen LogP contribution in [0.2, 0.25) is 0 Å². The zero-order valence-corrected chi connectivity index (χ0v) is 18.9. The highest BCUT2D eigenvalue weighted by Crippen LogP contribution is 2.36. The summed E-state index contributed by atoms with van der Waals surface area (Å²) >= 11 is 0. The largest absolute Gasteiger partial charge is 0.495 e. The van der Waals surface area contributed by atoms with Gasteiger partial charge in [-0.1, -0.05) is 49.4 Å². The molecular weight excluding hydrogens is 416 g/mol. The van der Waals surface area contributed by atoms with Gasteiger partial charge in [0.2, 0.25) is 0 Å². The molecule has 0 aromatic heterocycles. The second-order valence-electron chi connectivity index (χ2n) is 7.74. The minimum absolute atomic E-state index is 0.204. The Hall–Kier alpha value is -4.06. The monoisotopic (exact) mass is 442 g/mol. The summed E-state index contributed by atoms with van der Waals surface area (Å²) < 4.78 is 11.2. The van der Waals surface area contributed by atoms with E-state index >= 15 is 0 Å². The number of hydrogen-bond acceptors (Lipinski definition) is 5. The van der Waals surface area contributed by atoms with Crippen LogP contribution in [0.25, 0.3) is 5.57 Å². The van der Waals surface area contributed by atoms with Gasteiger partial charge in [-0.05, 0) is 48.7 Å². The summed E-state index contributed by atoms with van der Waals surface area (Å²) in [6.07, 6.45) is 0.859. The van der Waals surface area contributed by atoms with Gasteiger partial charge >= 0.3 is 0 Å². The quantitative estimate of drug-likeness (QED) is 0.487. The predicted molar refractivity (Wildman–Crippen MR) is 129 cm³/mol. The van der Waals surface area contributed by atoms with Gasteiger partial charge in [0.05, 0.1) is 30.7 Å². The minimum Gasteiger partial charge on any atom is -0.495 e. The first-order valence-corrected chi connectivity index (χ1v) is 10.9. The van der Waals surface area contributed by atoms with Crippen molar-refractivity contribution in [3.8, 4) is 11.5 Å². The van der Waals surface area contributed by atoms with E-state index in [0.717, 1.165) is 12.0 Å². The van der Waals surface area contributed by atoms with E-state index in [-0.39, 0.29) is 5.70 Å². The van der Waals surface area contributed by atoms with Gasteiger partial charge in [0.25, 0.3) is 11.8 Å². The number of benzene rings is 3. The fourth-order valence-electron chi connectivity index (χ4n) is 3.74. The molecule has 0 radical (unpaired) electrons. The van der Waals surface area contributed by atoms with Crippen molar-refractivity contribution in [3.05, 3.63) is 89.6 Å². The van der Waals surface area contributed by atoms with Crippen LogP contribution < -0.4 is 19.7 Å². The molecule has 6 heteroatoms. The van der Waals surface area contributed by atoms with Crippen LogP contribution in [0.1, 0.15) is 24.5 Å². The summed E-state index contributed by atoms with van der Waals surface area (Å²) in [5.41, 5.74) is 3.24. The summed E-state index contributed by atoms with van der Waals surface area (Å²) in [7, 11) is 1.57. The average molecular weight is 443 g/mol. The smallest absolute Gasteiger partial charge is 0.282 e. The summed E-state index contributed by atoms with van der Waals surface area (Å²) in [4.78, 5) is 28.4. The van der Waals surface area contributed by atoms with Crippen molar-refractivity contribution in [2.75, 3.05) is 23.9 Å². The number of imide groups is 1. The van der Waals surface area contributed by atoms with Crippen molar-refractivity contribution in [2.45, 2.75) is 20.3 Å². The standard InChI is InChI=1S/C27H26N2O4/c1-4-15-33-21-12-8-11-20(17-21)29-26(30)24(19-9-6-5-7-10-19)25(27(29)31)28-22-16-18(2)13-14-23(22)32-3/h5-14,16-17,28H,4,15H2,1-3H3. The number of ether oxygens (including phenoxy) is 2. The Balaban J connectivity index is 1.79. The molecule has 168 valence electrons. The Morgan fingerprint density at radius 1 is 0.909 bits per heavy atom. The first-order valence-electron chi connectivity index (χ1n) is 10.9. The van der Waals surface area contributed by atoms with Gasteiger partial charge in [-0.3, -0.25) is 9.59 Å². The van der Waals surface area contributed by atoms with Gasteiger partial charge in [-0.15, -0.1) is 0 Å². The van der Waals surface area contributed by atoms with E-state index < -0.39 is 11.8 Å². The van der Waals surface area contributed by atoms with Crippen LogP contribution in [0.3, 0.4) is 0 Å². The molecule has 0 saturated heterocycles. The molecule has 4 rings (SSSR count). The molecule has 0 bridgehead atoms. The third kappa shape index (κ3) is 4.46. The second kappa shape index (κ2) is 9.61. The molecule has 0 fully saturated rings. The molecule has 3 aromatic carbocycles. The zero-order chi connectivity index (χ0) is 23.4. The highest BCUT2D eigenvalue weighted by molar-refractivity contribution is 6.46. The number of anilines is 2. The number of methoxy groups -OCH3 is 1. The van der Waals surface area contributed by atoms with E-state index in [9.17, 15) is 9.59 Å². The Kier molecular flexibility index (Phi) is 6.45. The molecular formula is C27H26N2O4. The van der Waals surface area contributed by atoms with Gasteiger partial charge in [-0.2, -0.15) is 0 Å². The lowest BCUT2D eigenvalue weighted by Crippen LogP contribution is -2.32. The molecule has 33 heavy (non-hydrogen) atoms. The number of carbonyl (C=O) groups excluding carboxylic acids is 2. The Morgan fingerprint density at radius 3 is 2.42 bits per heavy atom. The first kappa shape index (κ1) is 22.1. The van der Waals surface area contributed by atoms with Crippen LogP contribution in [0.4, 0.5) is 11.4 Å². The maximum absolute atomic E-state index is 13.6. The predicted octanol–water partition coefficient (Wildman–Crippen LogP) is 5.19. The maximum atomic E-state index is 13.6. The Bertz CT molecular complexity index is 1220. The van der Waals surface area contributed by atoms with Crippen LogP contribution in [0.5, 0.6) is 11.5 Å². The summed E-state index contributed by atoms with van der Waals surface area (Å²) in [6.45, 7) is 4.52. The van der Waals surface area contributed by atoms with Crippen LogP contribution in [-0.4, -0.2) is 25.5 Å². The number of rotatable bonds is 8. The van der Waals surface area contributed by atoms with Crippen molar-refractivity contribution in [2.24, 2.45) is 0 Å². The zero-order valence-electron chi connectivity index (χ0n) is 18.9. The van der Waals surface area contributed by atoms with E-state index in [2.05, 4.69) is 5.32 Å². The molecule has 1 aliphatic heterocycles. The third-order valence-corrected chi connectivity index (χ3v) is 5.31. The van der Waals surface area contributed by atoms with Crippen molar-refractivity contribution < 1.29 is 19.1 Å². The average Bonchev–Trinajstić information content (AvgIpc) is 3.07. The molecule has 1 N–H and O–H groups in total. The SMILES string of the molecule is CCCOc1cccc(N2C(=O)C(Nc3cc(C)ccc3OC)=C(c3ccccc3)C2=O)c1. The lowest BCUT2D eigenvalue weighted by atomic mass is 10.0. The van der Waals surface area contributed by atoms with Gasteiger partial charge in [0.15, 0.2) is 0 Å². The number of nitrogens with zero attached hydrogens (tertiary/aromatic N) is 1. The summed E-state index contributed by atoms with van der Waals surface area (Å²) in [5.74, 6) is 0.357. The van der Waals surface area contributed by atoms with Crippen molar-refractivity contribution in [1.82, 2.24) is 0 Å². The van der Waals surface area contributed by atoms with E-state index in [1.54, 1.807) is 25.3 Å². The van der Waals surface area contributed by atoms with Crippen molar-refractivity contribution in [3.63, 3.8) is 0 Å². The molecule has 1 aliphatic rings. The molecule has 6 nitrogen and oxygen atoms in total. The highest BCUT2D eigenvalue weighted by atomic mass is 16.5. The Morgan fingerprint density at radius 2 is 1.70 bits per heavy atom. The summed E-state index contributed by atoms with van der Waals surface area (Å²) in [5, 5.41) is 3.19. The fourth-order valence-corrected chi connectivity index (χ4v) is 3.74. The molecule has 3 aromatic rings. The number of nitrogens with one attached hydrogen (secondary N) is 1.